The Morgan fingerprint density at radius 1 is 0.688 bits per heavy atom. The van der Waals surface area contributed by atoms with E-state index in [4.69, 9.17) is 9.68 Å². The predicted octanol–water partition coefficient (Wildman–Crippen LogP) is 4.60. The maximum atomic E-state index is 10.8. The lowest BCUT2D eigenvalue weighted by atomic mass is 10.1. The Morgan fingerprint density at radius 3 is 1.47 bits per heavy atom. The van der Waals surface area contributed by atoms with Gasteiger partial charge in [0.2, 0.25) is 0 Å². The Kier molecular flexibility index (Phi) is 7.58. The molecule has 0 fully saturated rings. The highest BCUT2D eigenvalue weighted by molar-refractivity contribution is 5.80. The van der Waals surface area contributed by atoms with Gasteiger partial charge < -0.3 is 9.68 Å². The Hall–Kier alpha value is -4.60. The number of nitro benzene ring substituents is 2. The fraction of sp³-hybridized carbons (Fsp3) is 0.0909. The second-order valence-electron chi connectivity index (χ2n) is 6.54. The van der Waals surface area contributed by atoms with E-state index in [-0.39, 0.29) is 24.6 Å². The van der Waals surface area contributed by atoms with E-state index in [1.54, 1.807) is 24.3 Å². The number of hydrogen-bond donors (Lipinski definition) is 0. The van der Waals surface area contributed by atoms with Crippen molar-refractivity contribution in [3.8, 4) is 0 Å². The SMILES string of the molecule is O=[N+]([O-])c1cccc(C=NOCc2ccc(CON=Cc3cccc([N+](=O)[O-])c3)cc2)c1. The van der Waals surface area contributed by atoms with Gasteiger partial charge in [-0.1, -0.05) is 58.8 Å². The standard InChI is InChI=1S/C22H18N4O6/c27-25(28)21-5-1-3-19(11-21)13-23-31-15-17-7-9-18(10-8-17)16-32-24-14-20-4-2-6-22(12-20)26(29)30/h1-14H,15-16H2. The monoisotopic (exact) mass is 434 g/mol. The molecule has 3 aromatic rings. The first-order valence-electron chi connectivity index (χ1n) is 9.38. The Morgan fingerprint density at radius 2 is 1.09 bits per heavy atom. The molecule has 0 spiro atoms. The molecule has 0 bridgehead atoms. The van der Waals surface area contributed by atoms with E-state index in [2.05, 4.69) is 10.3 Å². The van der Waals surface area contributed by atoms with E-state index in [0.717, 1.165) is 11.1 Å². The van der Waals surface area contributed by atoms with Crippen LogP contribution in [0.4, 0.5) is 11.4 Å². The van der Waals surface area contributed by atoms with E-state index in [9.17, 15) is 20.2 Å². The van der Waals surface area contributed by atoms with Gasteiger partial charge >= 0.3 is 0 Å². The number of rotatable bonds is 10. The molecule has 0 radical (unpaired) electrons. The summed E-state index contributed by atoms with van der Waals surface area (Å²) in [7, 11) is 0. The van der Waals surface area contributed by atoms with Gasteiger partial charge in [0.1, 0.15) is 13.2 Å². The molecule has 0 atom stereocenters. The number of nitro groups is 2. The zero-order chi connectivity index (χ0) is 22.8. The van der Waals surface area contributed by atoms with E-state index in [1.165, 1.54) is 36.7 Å². The third-order valence-corrected chi connectivity index (χ3v) is 4.20. The summed E-state index contributed by atoms with van der Waals surface area (Å²) in [5.74, 6) is 0. The first-order valence-corrected chi connectivity index (χ1v) is 9.38. The lowest BCUT2D eigenvalue weighted by Crippen LogP contribution is -1.93. The summed E-state index contributed by atoms with van der Waals surface area (Å²) < 4.78 is 0. The first-order chi connectivity index (χ1) is 15.5. The van der Waals surface area contributed by atoms with Crippen LogP contribution < -0.4 is 0 Å². The van der Waals surface area contributed by atoms with Crippen LogP contribution >= 0.6 is 0 Å². The maximum Gasteiger partial charge on any atom is 0.270 e. The summed E-state index contributed by atoms with van der Waals surface area (Å²) >= 11 is 0. The fourth-order valence-corrected chi connectivity index (χ4v) is 2.59. The molecule has 162 valence electrons. The lowest BCUT2D eigenvalue weighted by Gasteiger charge is -2.03. The minimum atomic E-state index is -0.470. The summed E-state index contributed by atoms with van der Waals surface area (Å²) in [6.45, 7) is 0.467. The average molecular weight is 434 g/mol. The van der Waals surface area contributed by atoms with Crippen LogP contribution in [0, 0.1) is 20.2 Å². The summed E-state index contributed by atoms with van der Waals surface area (Å²) in [4.78, 5) is 31.1. The van der Waals surface area contributed by atoms with Crippen LogP contribution in [0.25, 0.3) is 0 Å². The summed E-state index contributed by atoms with van der Waals surface area (Å²) in [6.07, 6.45) is 2.82. The molecular weight excluding hydrogens is 416 g/mol. The van der Waals surface area contributed by atoms with E-state index in [1.807, 2.05) is 24.3 Å². The van der Waals surface area contributed by atoms with Crippen molar-refractivity contribution in [2.24, 2.45) is 10.3 Å². The molecule has 3 rings (SSSR count). The minimum absolute atomic E-state index is 0.0128. The fourth-order valence-electron chi connectivity index (χ4n) is 2.59. The van der Waals surface area contributed by atoms with Crippen molar-refractivity contribution in [3.05, 3.63) is 115 Å². The topological polar surface area (TPSA) is 129 Å². The van der Waals surface area contributed by atoms with Crippen LogP contribution in [0.5, 0.6) is 0 Å². The molecule has 10 nitrogen and oxygen atoms in total. The molecule has 0 saturated heterocycles. The highest BCUT2D eigenvalue weighted by atomic mass is 16.6. The van der Waals surface area contributed by atoms with Gasteiger partial charge in [-0.05, 0) is 11.1 Å². The smallest absolute Gasteiger partial charge is 0.270 e. The van der Waals surface area contributed by atoms with Gasteiger partial charge in [-0.15, -0.1) is 0 Å². The number of non-ortho nitro benzene ring substituents is 2. The van der Waals surface area contributed by atoms with Crippen molar-refractivity contribution >= 4 is 23.8 Å². The summed E-state index contributed by atoms with van der Waals surface area (Å²) in [5.41, 5.74) is 2.87. The normalized spacial score (nSPS) is 11.0. The minimum Gasteiger partial charge on any atom is -0.391 e. The molecule has 0 amide bonds. The zero-order valence-electron chi connectivity index (χ0n) is 16.7. The predicted molar refractivity (Wildman–Crippen MR) is 117 cm³/mol. The molecule has 0 aliphatic rings. The number of benzene rings is 3. The molecule has 0 N–H and O–H groups in total. The Labute approximate surface area is 182 Å². The Balaban J connectivity index is 1.44. The average Bonchev–Trinajstić information content (AvgIpc) is 2.81. The molecule has 32 heavy (non-hydrogen) atoms. The lowest BCUT2D eigenvalue weighted by molar-refractivity contribution is -0.385. The molecular formula is C22H18N4O6. The Bertz CT molecular complexity index is 1050. The van der Waals surface area contributed by atoms with Crippen molar-refractivity contribution in [1.29, 1.82) is 0 Å². The molecule has 0 aliphatic heterocycles. The number of oxime groups is 2. The molecule has 0 unspecified atom stereocenters. The van der Waals surface area contributed by atoms with E-state index in [0.29, 0.717) is 11.1 Å². The van der Waals surface area contributed by atoms with Crippen molar-refractivity contribution in [1.82, 2.24) is 0 Å². The van der Waals surface area contributed by atoms with Crippen molar-refractivity contribution in [2.75, 3.05) is 0 Å². The van der Waals surface area contributed by atoms with Gasteiger partial charge in [-0.3, -0.25) is 20.2 Å². The van der Waals surface area contributed by atoms with Crippen LogP contribution in [0.3, 0.4) is 0 Å². The van der Waals surface area contributed by atoms with Gasteiger partial charge in [0, 0.05) is 35.4 Å². The molecule has 0 aliphatic carbocycles. The largest absolute Gasteiger partial charge is 0.391 e. The second kappa shape index (κ2) is 11.0. The van der Waals surface area contributed by atoms with Crippen LogP contribution in [-0.2, 0) is 22.9 Å². The summed E-state index contributed by atoms with van der Waals surface area (Å²) in [5, 5.41) is 29.2. The van der Waals surface area contributed by atoms with Crippen LogP contribution in [0.1, 0.15) is 22.3 Å². The third kappa shape index (κ3) is 6.73. The molecule has 0 heterocycles. The van der Waals surface area contributed by atoms with Crippen LogP contribution in [0.15, 0.2) is 83.1 Å². The third-order valence-electron chi connectivity index (χ3n) is 4.20. The second-order valence-corrected chi connectivity index (χ2v) is 6.54. The van der Waals surface area contributed by atoms with Crippen LogP contribution in [0.2, 0.25) is 0 Å². The van der Waals surface area contributed by atoms with Crippen molar-refractivity contribution in [3.63, 3.8) is 0 Å². The maximum absolute atomic E-state index is 10.8. The van der Waals surface area contributed by atoms with Crippen molar-refractivity contribution in [2.45, 2.75) is 13.2 Å². The van der Waals surface area contributed by atoms with Gasteiger partial charge in [-0.25, -0.2) is 0 Å². The van der Waals surface area contributed by atoms with Gasteiger partial charge in [0.25, 0.3) is 11.4 Å². The van der Waals surface area contributed by atoms with Gasteiger partial charge in [-0.2, -0.15) is 0 Å². The number of hydrogen-bond acceptors (Lipinski definition) is 8. The molecule has 10 heteroatoms. The van der Waals surface area contributed by atoms with Gasteiger partial charge in [0.05, 0.1) is 22.3 Å². The molecule has 3 aromatic carbocycles. The quantitative estimate of drug-likeness (QED) is 0.260. The van der Waals surface area contributed by atoms with Crippen molar-refractivity contribution < 1.29 is 19.5 Å². The summed E-state index contributed by atoms with van der Waals surface area (Å²) in [6, 6.07) is 19.6. The number of nitrogens with zero attached hydrogens (tertiary/aromatic N) is 4. The molecule has 0 aromatic heterocycles. The molecule has 0 saturated carbocycles. The highest BCUT2D eigenvalue weighted by Crippen LogP contribution is 2.13. The van der Waals surface area contributed by atoms with E-state index < -0.39 is 9.85 Å². The highest BCUT2D eigenvalue weighted by Gasteiger charge is 2.05. The van der Waals surface area contributed by atoms with Gasteiger partial charge in [0.15, 0.2) is 0 Å². The van der Waals surface area contributed by atoms with Crippen LogP contribution in [-0.4, -0.2) is 22.3 Å². The van der Waals surface area contributed by atoms with E-state index >= 15 is 0 Å². The first kappa shape index (κ1) is 22.1. The zero-order valence-corrected chi connectivity index (χ0v) is 16.7.